The van der Waals surface area contributed by atoms with Gasteiger partial charge in [0.2, 0.25) is 0 Å². The number of ether oxygens (including phenoxy) is 1. The van der Waals surface area contributed by atoms with E-state index in [1.54, 1.807) is 7.11 Å². The topological polar surface area (TPSA) is 49.9 Å². The van der Waals surface area contributed by atoms with Crippen molar-refractivity contribution in [1.82, 2.24) is 4.90 Å². The average molecular weight is 405 g/mol. The summed E-state index contributed by atoms with van der Waals surface area (Å²) in [7, 11) is 1.59. The van der Waals surface area contributed by atoms with Gasteiger partial charge in [0.05, 0.1) is 18.4 Å². The predicted octanol–water partition coefficient (Wildman–Crippen LogP) is 4.33. The zero-order valence-electron chi connectivity index (χ0n) is 18.1. The van der Waals surface area contributed by atoms with Crippen molar-refractivity contribution in [2.24, 2.45) is 5.92 Å². The van der Waals surface area contributed by atoms with Gasteiger partial charge in [-0.05, 0) is 55.9 Å². The zero-order chi connectivity index (χ0) is 21.4. The van der Waals surface area contributed by atoms with Crippen molar-refractivity contribution in [3.63, 3.8) is 0 Å². The highest BCUT2D eigenvalue weighted by Crippen LogP contribution is 2.40. The Balaban J connectivity index is 1.88. The summed E-state index contributed by atoms with van der Waals surface area (Å²) in [5.41, 5.74) is 4.16. The van der Waals surface area contributed by atoms with Crippen LogP contribution >= 0.6 is 0 Å². The molecule has 156 valence electrons. The number of nitrogens with zero attached hydrogens (tertiary/aromatic N) is 2. The van der Waals surface area contributed by atoms with E-state index >= 15 is 0 Å². The quantitative estimate of drug-likeness (QED) is 0.712. The molecule has 0 saturated carbocycles. The molecule has 30 heavy (non-hydrogen) atoms. The third-order valence-corrected chi connectivity index (χ3v) is 6.14. The molecule has 5 heteroatoms. The Bertz CT molecular complexity index is 1030. The van der Waals surface area contributed by atoms with Gasteiger partial charge in [-0.2, -0.15) is 0 Å². The first-order valence-corrected chi connectivity index (χ1v) is 10.5. The summed E-state index contributed by atoms with van der Waals surface area (Å²) in [6.07, 6.45) is 2.02. The lowest BCUT2D eigenvalue weighted by Gasteiger charge is -2.33. The molecule has 2 aromatic rings. The first kappa shape index (κ1) is 20.2. The smallest absolute Gasteiger partial charge is 0.282 e. The van der Waals surface area contributed by atoms with Crippen molar-refractivity contribution in [2.75, 3.05) is 25.1 Å². The maximum Gasteiger partial charge on any atom is 0.282 e. The minimum absolute atomic E-state index is 0.246. The number of aryl methyl sites for hydroxylation is 2. The molecule has 1 fully saturated rings. The first-order valence-electron chi connectivity index (χ1n) is 10.5. The van der Waals surface area contributed by atoms with Crippen LogP contribution in [0.2, 0.25) is 0 Å². The molecular formula is C25H28N2O3. The van der Waals surface area contributed by atoms with Crippen molar-refractivity contribution in [3.8, 4) is 5.75 Å². The normalized spacial score (nSPS) is 17.9. The van der Waals surface area contributed by atoms with Gasteiger partial charge < -0.3 is 9.64 Å². The molecule has 0 bridgehead atoms. The predicted molar refractivity (Wildman–Crippen MR) is 118 cm³/mol. The maximum atomic E-state index is 13.7. The van der Waals surface area contributed by atoms with Gasteiger partial charge in [-0.25, -0.2) is 4.90 Å². The van der Waals surface area contributed by atoms with Gasteiger partial charge in [0, 0.05) is 18.7 Å². The van der Waals surface area contributed by atoms with Crippen molar-refractivity contribution in [2.45, 2.75) is 33.6 Å². The highest BCUT2D eigenvalue weighted by Gasteiger charge is 2.44. The summed E-state index contributed by atoms with van der Waals surface area (Å²) in [6, 6.07) is 13.3. The molecule has 0 spiro atoms. The Kier molecular flexibility index (Phi) is 5.37. The molecule has 2 aromatic carbocycles. The van der Waals surface area contributed by atoms with Crippen molar-refractivity contribution in [1.29, 1.82) is 0 Å². The van der Waals surface area contributed by atoms with Crippen LogP contribution in [-0.2, 0) is 9.59 Å². The highest BCUT2D eigenvalue weighted by atomic mass is 16.5. The van der Waals surface area contributed by atoms with Gasteiger partial charge in [0.1, 0.15) is 11.4 Å². The molecule has 0 N–H and O–H groups in total. The van der Waals surface area contributed by atoms with Crippen molar-refractivity contribution >= 4 is 23.1 Å². The van der Waals surface area contributed by atoms with E-state index in [9.17, 15) is 9.59 Å². The summed E-state index contributed by atoms with van der Waals surface area (Å²) in [6.45, 7) is 7.68. The maximum absolute atomic E-state index is 13.7. The SMILES string of the molecule is COc1ccccc1C1=C(N2CCC(C)CC2)C(=O)N(c2cc(C)ccc2C)C1=O. The van der Waals surface area contributed by atoms with Crippen LogP contribution in [0.25, 0.3) is 5.57 Å². The number of methoxy groups -OCH3 is 1. The Morgan fingerprint density at radius 2 is 1.67 bits per heavy atom. The second kappa shape index (κ2) is 7.98. The Hall–Kier alpha value is -3.08. The van der Waals surface area contributed by atoms with Crippen LogP contribution in [0.15, 0.2) is 48.2 Å². The van der Waals surface area contributed by atoms with E-state index in [0.29, 0.717) is 34.2 Å². The molecule has 2 aliphatic rings. The monoisotopic (exact) mass is 404 g/mol. The number of imide groups is 1. The van der Waals surface area contributed by atoms with Gasteiger partial charge in [-0.3, -0.25) is 9.59 Å². The van der Waals surface area contributed by atoms with Crippen LogP contribution in [0.1, 0.15) is 36.5 Å². The molecule has 2 heterocycles. The number of piperidine rings is 1. The molecule has 5 nitrogen and oxygen atoms in total. The molecule has 0 radical (unpaired) electrons. The summed E-state index contributed by atoms with van der Waals surface area (Å²) in [4.78, 5) is 30.9. The van der Waals surface area contributed by atoms with Gasteiger partial charge in [0.15, 0.2) is 0 Å². The van der Waals surface area contributed by atoms with Crippen molar-refractivity contribution in [3.05, 3.63) is 64.9 Å². The molecular weight excluding hydrogens is 376 g/mol. The fourth-order valence-corrected chi connectivity index (χ4v) is 4.32. The summed E-state index contributed by atoms with van der Waals surface area (Å²) in [5, 5.41) is 0. The van der Waals surface area contributed by atoms with Crippen LogP contribution in [0.4, 0.5) is 5.69 Å². The van der Waals surface area contributed by atoms with E-state index in [2.05, 4.69) is 11.8 Å². The van der Waals surface area contributed by atoms with Crippen LogP contribution in [0.5, 0.6) is 5.75 Å². The third-order valence-electron chi connectivity index (χ3n) is 6.14. The van der Waals surface area contributed by atoms with Crippen LogP contribution in [-0.4, -0.2) is 36.9 Å². The number of anilines is 1. The lowest BCUT2D eigenvalue weighted by atomic mass is 9.97. The van der Waals surface area contributed by atoms with Gasteiger partial charge in [-0.1, -0.05) is 37.3 Å². The second-order valence-electron chi connectivity index (χ2n) is 8.33. The third kappa shape index (κ3) is 3.38. The second-order valence-corrected chi connectivity index (χ2v) is 8.33. The first-order chi connectivity index (χ1) is 14.4. The number of para-hydroxylation sites is 1. The molecule has 0 aliphatic carbocycles. The van der Waals surface area contributed by atoms with Crippen LogP contribution in [0.3, 0.4) is 0 Å². The average Bonchev–Trinajstić information content (AvgIpc) is 3.00. The van der Waals surface area contributed by atoms with Crippen molar-refractivity contribution < 1.29 is 14.3 Å². The summed E-state index contributed by atoms with van der Waals surface area (Å²) >= 11 is 0. The van der Waals surface area contributed by atoms with Crippen LogP contribution in [0, 0.1) is 19.8 Å². The fourth-order valence-electron chi connectivity index (χ4n) is 4.32. The molecule has 0 atom stereocenters. The number of hydrogen-bond acceptors (Lipinski definition) is 4. The molecule has 2 aliphatic heterocycles. The van der Waals surface area contributed by atoms with E-state index in [4.69, 9.17) is 4.74 Å². The number of rotatable bonds is 4. The van der Waals surface area contributed by atoms with E-state index < -0.39 is 0 Å². The number of hydrogen-bond donors (Lipinski definition) is 0. The van der Waals surface area contributed by atoms with E-state index in [-0.39, 0.29) is 11.8 Å². The Morgan fingerprint density at radius 3 is 2.37 bits per heavy atom. The minimum Gasteiger partial charge on any atom is -0.496 e. The summed E-state index contributed by atoms with van der Waals surface area (Å²) in [5.74, 6) is 0.689. The minimum atomic E-state index is -0.285. The zero-order valence-corrected chi connectivity index (χ0v) is 18.1. The molecule has 1 saturated heterocycles. The van der Waals surface area contributed by atoms with Gasteiger partial charge in [-0.15, -0.1) is 0 Å². The highest BCUT2D eigenvalue weighted by molar-refractivity contribution is 6.45. The number of likely N-dealkylation sites (tertiary alicyclic amines) is 1. The number of benzene rings is 2. The van der Waals surface area contributed by atoms with E-state index in [1.165, 1.54) is 4.90 Å². The molecule has 4 rings (SSSR count). The largest absolute Gasteiger partial charge is 0.496 e. The lowest BCUT2D eigenvalue weighted by Crippen LogP contribution is -2.38. The Labute approximate surface area is 177 Å². The molecule has 2 amide bonds. The van der Waals surface area contributed by atoms with E-state index in [1.807, 2.05) is 56.3 Å². The van der Waals surface area contributed by atoms with Gasteiger partial charge >= 0.3 is 0 Å². The number of carbonyl (C=O) groups excluding carboxylic acids is 2. The number of amides is 2. The fraction of sp³-hybridized carbons (Fsp3) is 0.360. The standard InChI is InChI=1S/C25H28N2O3/c1-16-11-13-26(14-12-16)23-22(19-7-5-6-8-21(19)30-4)24(28)27(25(23)29)20-15-17(2)9-10-18(20)3/h5-10,15-16H,11-14H2,1-4H3. The van der Waals surface area contributed by atoms with E-state index in [0.717, 1.165) is 37.1 Å². The van der Waals surface area contributed by atoms with Crippen LogP contribution < -0.4 is 9.64 Å². The lowest BCUT2D eigenvalue weighted by molar-refractivity contribution is -0.120. The number of carbonyl (C=O) groups is 2. The molecule has 0 aromatic heterocycles. The molecule has 0 unspecified atom stereocenters. The summed E-state index contributed by atoms with van der Waals surface area (Å²) < 4.78 is 5.54. The van der Waals surface area contributed by atoms with Gasteiger partial charge in [0.25, 0.3) is 11.8 Å². The Morgan fingerprint density at radius 1 is 0.967 bits per heavy atom.